The molecule has 0 saturated carbocycles. The third-order valence-corrected chi connectivity index (χ3v) is 5.34. The fourth-order valence-corrected chi connectivity index (χ4v) is 3.76. The first kappa shape index (κ1) is 21.2. The third kappa shape index (κ3) is 4.36. The molecule has 0 atom stereocenters. The van der Waals surface area contributed by atoms with Gasteiger partial charge in [0, 0.05) is 42.3 Å². The van der Waals surface area contributed by atoms with Crippen LogP contribution in [0.3, 0.4) is 0 Å². The van der Waals surface area contributed by atoms with Gasteiger partial charge in [0.15, 0.2) is 0 Å². The molecule has 1 aliphatic heterocycles. The maximum absolute atomic E-state index is 13.4. The van der Waals surface area contributed by atoms with Crippen molar-refractivity contribution in [2.75, 3.05) is 43.1 Å². The fourth-order valence-electron chi connectivity index (χ4n) is 3.57. The van der Waals surface area contributed by atoms with Gasteiger partial charge in [0.2, 0.25) is 5.82 Å². The number of fused-ring (bicyclic) bond motifs is 1. The lowest BCUT2D eigenvalue weighted by Gasteiger charge is -2.37. The van der Waals surface area contributed by atoms with Gasteiger partial charge < -0.3 is 14.5 Å². The van der Waals surface area contributed by atoms with Gasteiger partial charge >= 0.3 is 12.1 Å². The van der Waals surface area contributed by atoms with Crippen LogP contribution in [0.25, 0.3) is 10.9 Å². The molecular formula is C21H18ClF3N4O2. The number of nitrogens with zero attached hydrogens (tertiary/aromatic N) is 4. The summed E-state index contributed by atoms with van der Waals surface area (Å²) >= 11 is 6.07. The molecule has 0 aliphatic carbocycles. The second-order valence-corrected chi connectivity index (χ2v) is 7.48. The number of carbonyl (C=O) groups is 1. The van der Waals surface area contributed by atoms with Crippen LogP contribution in [0, 0.1) is 0 Å². The van der Waals surface area contributed by atoms with Gasteiger partial charge in [0.05, 0.1) is 18.2 Å². The Morgan fingerprint density at radius 2 is 1.74 bits per heavy atom. The molecule has 10 heteroatoms. The molecule has 2 aromatic carbocycles. The van der Waals surface area contributed by atoms with E-state index in [2.05, 4.69) is 14.9 Å². The van der Waals surface area contributed by atoms with Crippen LogP contribution in [-0.4, -0.2) is 49.2 Å². The Balaban J connectivity index is 1.70. The second kappa shape index (κ2) is 8.22. The molecule has 1 aromatic heterocycles. The predicted octanol–water partition coefficient (Wildman–Crippen LogP) is 4.42. The lowest BCUT2D eigenvalue weighted by molar-refractivity contribution is -0.144. The lowest BCUT2D eigenvalue weighted by Crippen LogP contribution is -2.47. The largest absolute Gasteiger partial charge is 0.465 e. The van der Waals surface area contributed by atoms with E-state index in [0.29, 0.717) is 36.6 Å². The van der Waals surface area contributed by atoms with Crippen LogP contribution in [0.2, 0.25) is 5.02 Å². The number of carbonyl (C=O) groups excluding carboxylic acids is 1. The Kier molecular flexibility index (Phi) is 5.62. The highest BCUT2D eigenvalue weighted by molar-refractivity contribution is 6.30. The number of piperazine rings is 1. The minimum Gasteiger partial charge on any atom is -0.465 e. The lowest BCUT2D eigenvalue weighted by atomic mass is 10.1. The molecular weight excluding hydrogens is 433 g/mol. The second-order valence-electron chi connectivity index (χ2n) is 7.05. The van der Waals surface area contributed by atoms with E-state index in [4.69, 9.17) is 16.3 Å². The van der Waals surface area contributed by atoms with Gasteiger partial charge in [-0.3, -0.25) is 0 Å². The molecule has 1 aliphatic rings. The van der Waals surface area contributed by atoms with Crippen LogP contribution in [-0.2, 0) is 10.9 Å². The number of hydrogen-bond acceptors (Lipinski definition) is 6. The fraction of sp³-hybridized carbons (Fsp3) is 0.286. The molecule has 1 fully saturated rings. The number of halogens is 4. The van der Waals surface area contributed by atoms with Crippen molar-refractivity contribution in [3.8, 4) is 0 Å². The average Bonchev–Trinajstić information content (AvgIpc) is 2.77. The first-order valence-corrected chi connectivity index (χ1v) is 9.87. The number of methoxy groups -OCH3 is 1. The van der Waals surface area contributed by atoms with Crippen LogP contribution in [0.15, 0.2) is 42.5 Å². The number of esters is 1. The van der Waals surface area contributed by atoms with Gasteiger partial charge in [-0.1, -0.05) is 17.7 Å². The summed E-state index contributed by atoms with van der Waals surface area (Å²) in [6.45, 7) is 2.03. The number of hydrogen-bond donors (Lipinski definition) is 0. The molecule has 0 spiro atoms. The zero-order valence-electron chi connectivity index (χ0n) is 16.5. The summed E-state index contributed by atoms with van der Waals surface area (Å²) in [5, 5.41) is 0.985. The number of aromatic nitrogens is 2. The highest BCUT2D eigenvalue weighted by atomic mass is 35.5. The minimum absolute atomic E-state index is 0.113. The summed E-state index contributed by atoms with van der Waals surface area (Å²) in [4.78, 5) is 23.3. The van der Waals surface area contributed by atoms with E-state index in [1.807, 2.05) is 18.2 Å². The highest BCUT2D eigenvalue weighted by Gasteiger charge is 2.36. The van der Waals surface area contributed by atoms with Gasteiger partial charge in [-0.25, -0.2) is 14.8 Å². The van der Waals surface area contributed by atoms with Crippen molar-refractivity contribution in [3.05, 3.63) is 58.9 Å². The molecule has 3 aromatic rings. The monoisotopic (exact) mass is 450 g/mol. The van der Waals surface area contributed by atoms with Gasteiger partial charge in [0.1, 0.15) is 5.82 Å². The first-order chi connectivity index (χ1) is 14.8. The third-order valence-electron chi connectivity index (χ3n) is 5.10. The van der Waals surface area contributed by atoms with Crippen molar-refractivity contribution in [2.45, 2.75) is 6.18 Å². The van der Waals surface area contributed by atoms with E-state index in [-0.39, 0.29) is 16.9 Å². The zero-order valence-corrected chi connectivity index (χ0v) is 17.2. The highest BCUT2D eigenvalue weighted by Crippen LogP contribution is 2.33. The predicted molar refractivity (Wildman–Crippen MR) is 112 cm³/mol. The summed E-state index contributed by atoms with van der Waals surface area (Å²) < 4.78 is 45.0. The molecule has 0 radical (unpaired) electrons. The molecule has 2 heterocycles. The number of anilines is 2. The minimum atomic E-state index is -4.69. The molecule has 0 amide bonds. The molecule has 162 valence electrons. The summed E-state index contributed by atoms with van der Waals surface area (Å²) in [7, 11) is 1.24. The van der Waals surface area contributed by atoms with Crippen molar-refractivity contribution in [2.24, 2.45) is 0 Å². The van der Waals surface area contributed by atoms with Crippen molar-refractivity contribution in [3.63, 3.8) is 0 Å². The van der Waals surface area contributed by atoms with Crippen LogP contribution >= 0.6 is 11.6 Å². The quantitative estimate of drug-likeness (QED) is 0.551. The molecule has 31 heavy (non-hydrogen) atoms. The van der Waals surface area contributed by atoms with Crippen LogP contribution < -0.4 is 9.80 Å². The van der Waals surface area contributed by atoms with Gasteiger partial charge in [-0.2, -0.15) is 13.2 Å². The molecule has 0 bridgehead atoms. The average molecular weight is 451 g/mol. The smallest absolute Gasteiger partial charge is 0.451 e. The van der Waals surface area contributed by atoms with Gasteiger partial charge in [-0.15, -0.1) is 0 Å². The summed E-state index contributed by atoms with van der Waals surface area (Å²) in [5.41, 5.74) is 1.28. The summed E-state index contributed by atoms with van der Waals surface area (Å²) in [6.07, 6.45) is -4.69. The van der Waals surface area contributed by atoms with E-state index < -0.39 is 18.0 Å². The van der Waals surface area contributed by atoms with Crippen molar-refractivity contribution in [1.29, 1.82) is 0 Å². The van der Waals surface area contributed by atoms with Crippen LogP contribution in [0.5, 0.6) is 0 Å². The summed E-state index contributed by atoms with van der Waals surface area (Å²) in [6, 6.07) is 11.7. The molecule has 0 unspecified atom stereocenters. The standard InChI is InChI=1S/C21H18ClF3N4O2/c1-31-19(30)13-5-6-17-16(11-13)18(27-20(26-17)21(23,24)25)29-9-7-28(8-10-29)15-4-2-3-14(22)12-15/h2-6,11-12H,7-10H2,1H3. The SMILES string of the molecule is COC(=O)c1ccc2nc(C(F)(F)F)nc(N3CCN(c4cccc(Cl)c4)CC3)c2c1. The summed E-state index contributed by atoms with van der Waals surface area (Å²) in [5.74, 6) is -1.65. The van der Waals surface area contributed by atoms with Crippen molar-refractivity contribution < 1.29 is 22.7 Å². The number of ether oxygens (including phenoxy) is 1. The molecule has 4 rings (SSSR count). The zero-order chi connectivity index (χ0) is 22.2. The number of alkyl halides is 3. The molecule has 0 N–H and O–H groups in total. The maximum Gasteiger partial charge on any atom is 0.451 e. The van der Waals surface area contributed by atoms with E-state index in [1.165, 1.54) is 25.3 Å². The van der Waals surface area contributed by atoms with Gasteiger partial charge in [0.25, 0.3) is 0 Å². The Bertz CT molecular complexity index is 1130. The Morgan fingerprint density at radius 1 is 1.03 bits per heavy atom. The van der Waals surface area contributed by atoms with E-state index in [9.17, 15) is 18.0 Å². The van der Waals surface area contributed by atoms with Crippen LogP contribution in [0.1, 0.15) is 16.2 Å². The Labute approximate surface area is 181 Å². The topological polar surface area (TPSA) is 58.6 Å². The Hall–Kier alpha value is -3.07. The van der Waals surface area contributed by atoms with E-state index >= 15 is 0 Å². The number of rotatable bonds is 3. The van der Waals surface area contributed by atoms with E-state index in [0.717, 1.165) is 5.69 Å². The first-order valence-electron chi connectivity index (χ1n) is 9.49. The molecule has 1 saturated heterocycles. The van der Waals surface area contributed by atoms with E-state index in [1.54, 1.807) is 11.0 Å². The van der Waals surface area contributed by atoms with Crippen molar-refractivity contribution in [1.82, 2.24) is 9.97 Å². The maximum atomic E-state index is 13.4. The van der Waals surface area contributed by atoms with Crippen LogP contribution in [0.4, 0.5) is 24.7 Å². The number of benzene rings is 2. The Morgan fingerprint density at radius 3 is 2.39 bits per heavy atom. The molecule has 6 nitrogen and oxygen atoms in total. The normalized spacial score (nSPS) is 14.7. The van der Waals surface area contributed by atoms with Crippen molar-refractivity contribution >= 4 is 40.0 Å². The van der Waals surface area contributed by atoms with Gasteiger partial charge in [-0.05, 0) is 36.4 Å².